The molecular formula is C20H24N4O2. The van der Waals surface area contributed by atoms with Crippen LogP contribution in [0.4, 0.5) is 11.5 Å². The molecule has 1 aromatic heterocycles. The number of amides is 2. The van der Waals surface area contributed by atoms with E-state index in [4.69, 9.17) is 0 Å². The van der Waals surface area contributed by atoms with Crippen LogP contribution in [0.1, 0.15) is 43.7 Å². The van der Waals surface area contributed by atoms with Crippen LogP contribution < -0.4 is 10.2 Å². The van der Waals surface area contributed by atoms with Crippen molar-refractivity contribution in [1.29, 1.82) is 0 Å². The molecule has 2 fully saturated rings. The Morgan fingerprint density at radius 1 is 1.15 bits per heavy atom. The molecule has 0 bridgehead atoms. The summed E-state index contributed by atoms with van der Waals surface area (Å²) in [6.45, 7) is 2.44. The molecule has 0 spiro atoms. The molecule has 1 N–H and O–H groups in total. The van der Waals surface area contributed by atoms with E-state index in [9.17, 15) is 9.59 Å². The topological polar surface area (TPSA) is 67.2 Å². The average Bonchev–Trinajstić information content (AvgIpc) is 3.36. The van der Waals surface area contributed by atoms with Crippen molar-refractivity contribution in [3.8, 4) is 0 Å². The van der Waals surface area contributed by atoms with E-state index in [0.717, 1.165) is 29.9 Å². The molecule has 1 unspecified atom stereocenters. The largest absolute Gasteiger partial charge is 0.312 e. The summed E-state index contributed by atoms with van der Waals surface area (Å²) in [7, 11) is 0. The standard InChI is InChI=1S/C20H24N4O2/c1-14-6-8-16(9-7-14)23-13-15(12-19(23)25)20(26)22-18-10-11-21-24(18)17-4-2-3-5-17/h6-11,15,17H,2-5,12-13H2,1H3,(H,22,26). The molecule has 1 aliphatic heterocycles. The molecular weight excluding hydrogens is 328 g/mol. The second-order valence-electron chi connectivity index (χ2n) is 7.33. The number of aromatic nitrogens is 2. The Morgan fingerprint density at radius 3 is 2.62 bits per heavy atom. The number of nitrogens with zero attached hydrogens (tertiary/aromatic N) is 3. The maximum atomic E-state index is 12.7. The van der Waals surface area contributed by atoms with Gasteiger partial charge in [0.15, 0.2) is 0 Å². The third kappa shape index (κ3) is 3.23. The third-order valence-corrected chi connectivity index (χ3v) is 5.43. The first kappa shape index (κ1) is 16.8. The molecule has 2 amide bonds. The van der Waals surface area contributed by atoms with Gasteiger partial charge in [-0.1, -0.05) is 30.5 Å². The van der Waals surface area contributed by atoms with Gasteiger partial charge in [0, 0.05) is 24.7 Å². The van der Waals surface area contributed by atoms with Crippen molar-refractivity contribution in [2.75, 3.05) is 16.8 Å². The van der Waals surface area contributed by atoms with Crippen LogP contribution in [0.5, 0.6) is 0 Å². The van der Waals surface area contributed by atoms with E-state index in [1.165, 1.54) is 12.8 Å². The minimum absolute atomic E-state index is 0.00157. The lowest BCUT2D eigenvalue weighted by atomic mass is 10.1. The first-order valence-corrected chi connectivity index (χ1v) is 9.33. The Labute approximate surface area is 153 Å². The average molecular weight is 352 g/mol. The molecule has 1 saturated carbocycles. The fraction of sp³-hybridized carbons (Fsp3) is 0.450. The minimum Gasteiger partial charge on any atom is -0.312 e. The van der Waals surface area contributed by atoms with Crippen molar-refractivity contribution in [2.45, 2.75) is 45.1 Å². The van der Waals surface area contributed by atoms with Gasteiger partial charge in [-0.15, -0.1) is 0 Å². The number of nitrogens with one attached hydrogen (secondary N) is 1. The van der Waals surface area contributed by atoms with Crippen LogP contribution in [0.2, 0.25) is 0 Å². The van der Waals surface area contributed by atoms with Gasteiger partial charge in [0.25, 0.3) is 0 Å². The van der Waals surface area contributed by atoms with E-state index in [1.54, 1.807) is 11.1 Å². The molecule has 136 valence electrons. The summed E-state index contributed by atoms with van der Waals surface area (Å²) < 4.78 is 1.93. The third-order valence-electron chi connectivity index (χ3n) is 5.43. The molecule has 2 heterocycles. The lowest BCUT2D eigenvalue weighted by Crippen LogP contribution is -2.29. The van der Waals surface area contributed by atoms with Crippen LogP contribution in [-0.2, 0) is 9.59 Å². The molecule has 6 heteroatoms. The van der Waals surface area contributed by atoms with Crippen LogP contribution in [-0.4, -0.2) is 28.1 Å². The molecule has 0 radical (unpaired) electrons. The van der Waals surface area contributed by atoms with Gasteiger partial charge >= 0.3 is 0 Å². The summed E-state index contributed by atoms with van der Waals surface area (Å²) in [6, 6.07) is 10.0. The first-order chi connectivity index (χ1) is 12.6. The fourth-order valence-electron chi connectivity index (χ4n) is 3.94. The minimum atomic E-state index is -0.337. The maximum Gasteiger partial charge on any atom is 0.230 e. The Kier molecular flexibility index (Phi) is 4.49. The van der Waals surface area contributed by atoms with Crippen LogP contribution in [0.3, 0.4) is 0 Å². The summed E-state index contributed by atoms with van der Waals surface area (Å²) in [5.74, 6) is 0.296. The van der Waals surface area contributed by atoms with Crippen LogP contribution in [0.15, 0.2) is 36.5 Å². The second-order valence-corrected chi connectivity index (χ2v) is 7.33. The van der Waals surface area contributed by atoms with Gasteiger partial charge in [0.1, 0.15) is 5.82 Å². The zero-order valence-corrected chi connectivity index (χ0v) is 15.0. The summed E-state index contributed by atoms with van der Waals surface area (Å²) in [4.78, 5) is 26.8. The van der Waals surface area contributed by atoms with Gasteiger partial charge in [0.05, 0.1) is 18.2 Å². The highest BCUT2D eigenvalue weighted by Crippen LogP contribution is 2.32. The number of hydrogen-bond donors (Lipinski definition) is 1. The summed E-state index contributed by atoms with van der Waals surface area (Å²) in [6.07, 6.45) is 6.60. The molecule has 6 nitrogen and oxygen atoms in total. The number of anilines is 2. The summed E-state index contributed by atoms with van der Waals surface area (Å²) in [5, 5.41) is 7.38. The fourth-order valence-corrected chi connectivity index (χ4v) is 3.94. The highest BCUT2D eigenvalue weighted by atomic mass is 16.2. The van der Waals surface area contributed by atoms with E-state index in [-0.39, 0.29) is 24.2 Å². The second kappa shape index (κ2) is 6.94. The number of carbonyl (C=O) groups excluding carboxylic acids is 2. The van der Waals surface area contributed by atoms with Crippen LogP contribution in [0.25, 0.3) is 0 Å². The van der Waals surface area contributed by atoms with Crippen molar-refractivity contribution in [3.63, 3.8) is 0 Å². The molecule has 26 heavy (non-hydrogen) atoms. The van der Waals surface area contributed by atoms with Gasteiger partial charge in [-0.05, 0) is 31.9 Å². The Morgan fingerprint density at radius 2 is 1.88 bits per heavy atom. The zero-order chi connectivity index (χ0) is 18.1. The molecule has 2 aromatic rings. The molecule has 1 saturated heterocycles. The Balaban J connectivity index is 1.44. The predicted octanol–water partition coefficient (Wildman–Crippen LogP) is 3.30. The lowest BCUT2D eigenvalue weighted by Gasteiger charge is -2.18. The smallest absolute Gasteiger partial charge is 0.230 e. The van der Waals surface area contributed by atoms with E-state index >= 15 is 0 Å². The zero-order valence-electron chi connectivity index (χ0n) is 15.0. The summed E-state index contributed by atoms with van der Waals surface area (Å²) in [5.41, 5.74) is 2.00. The van der Waals surface area contributed by atoms with Gasteiger partial charge in [0.2, 0.25) is 11.8 Å². The van der Waals surface area contributed by atoms with Gasteiger partial charge in [-0.3, -0.25) is 9.59 Å². The molecule has 1 atom stereocenters. The molecule has 1 aliphatic carbocycles. The SMILES string of the molecule is Cc1ccc(N2CC(C(=O)Nc3ccnn3C3CCCC3)CC2=O)cc1. The number of carbonyl (C=O) groups is 2. The predicted molar refractivity (Wildman–Crippen MR) is 100 cm³/mol. The van der Waals surface area contributed by atoms with E-state index < -0.39 is 0 Å². The first-order valence-electron chi connectivity index (χ1n) is 9.33. The van der Waals surface area contributed by atoms with Crippen molar-refractivity contribution in [1.82, 2.24) is 9.78 Å². The highest BCUT2D eigenvalue weighted by molar-refractivity contribution is 6.03. The number of hydrogen-bond acceptors (Lipinski definition) is 3. The Bertz CT molecular complexity index is 805. The molecule has 4 rings (SSSR count). The van der Waals surface area contributed by atoms with Crippen LogP contribution in [0, 0.1) is 12.8 Å². The monoisotopic (exact) mass is 352 g/mol. The molecule has 1 aromatic carbocycles. The quantitative estimate of drug-likeness (QED) is 0.918. The van der Waals surface area contributed by atoms with E-state index in [0.29, 0.717) is 12.6 Å². The van der Waals surface area contributed by atoms with Gasteiger partial charge in [-0.25, -0.2) is 4.68 Å². The number of benzene rings is 1. The maximum absolute atomic E-state index is 12.7. The number of aryl methyl sites for hydroxylation is 1. The van der Waals surface area contributed by atoms with Crippen molar-refractivity contribution in [2.24, 2.45) is 5.92 Å². The van der Waals surface area contributed by atoms with Crippen molar-refractivity contribution in [3.05, 3.63) is 42.1 Å². The highest BCUT2D eigenvalue weighted by Gasteiger charge is 2.35. The Hall–Kier alpha value is -2.63. The number of rotatable bonds is 4. The van der Waals surface area contributed by atoms with Crippen molar-refractivity contribution < 1.29 is 9.59 Å². The summed E-state index contributed by atoms with van der Waals surface area (Å²) >= 11 is 0. The normalized spacial score (nSPS) is 20.7. The van der Waals surface area contributed by atoms with Crippen LogP contribution >= 0.6 is 0 Å². The van der Waals surface area contributed by atoms with Crippen molar-refractivity contribution >= 4 is 23.3 Å². The van der Waals surface area contributed by atoms with E-state index in [1.807, 2.05) is 41.9 Å². The molecule has 2 aliphatic rings. The van der Waals surface area contributed by atoms with Gasteiger partial charge in [-0.2, -0.15) is 5.10 Å². The lowest BCUT2D eigenvalue weighted by molar-refractivity contribution is -0.122. The van der Waals surface area contributed by atoms with E-state index in [2.05, 4.69) is 10.4 Å². The van der Waals surface area contributed by atoms with Gasteiger partial charge < -0.3 is 10.2 Å².